The van der Waals surface area contributed by atoms with E-state index in [1.807, 2.05) is 63.2 Å². The summed E-state index contributed by atoms with van der Waals surface area (Å²) in [5, 5.41) is 5.51. The molecule has 2 aromatic rings. The summed E-state index contributed by atoms with van der Waals surface area (Å²) < 4.78 is 0. The zero-order valence-corrected chi connectivity index (χ0v) is 13.8. The van der Waals surface area contributed by atoms with Crippen LogP contribution in [0.2, 0.25) is 0 Å². The Bertz CT molecular complexity index is 686. The Kier molecular flexibility index (Phi) is 5.52. The molecule has 0 heterocycles. The molecule has 120 valence electrons. The van der Waals surface area contributed by atoms with Crippen molar-refractivity contribution in [1.29, 1.82) is 0 Å². The lowest BCUT2D eigenvalue weighted by molar-refractivity contribution is -0.123. The van der Waals surface area contributed by atoms with Gasteiger partial charge in [0.05, 0.1) is 13.0 Å². The molecule has 2 N–H and O–H groups in total. The summed E-state index contributed by atoms with van der Waals surface area (Å²) in [6.45, 7) is 5.86. The van der Waals surface area contributed by atoms with E-state index in [0.717, 1.165) is 27.9 Å². The summed E-state index contributed by atoms with van der Waals surface area (Å²) in [6, 6.07) is 13.6. The van der Waals surface area contributed by atoms with Gasteiger partial charge in [0.2, 0.25) is 11.8 Å². The SMILES string of the molecule is Cc1ccc(CC(=O)NCC(=O)Nc2c(C)cccc2C)cc1. The molecule has 0 aromatic heterocycles. The molecule has 0 bridgehead atoms. The maximum atomic E-state index is 12.0. The van der Waals surface area contributed by atoms with Gasteiger partial charge in [-0.15, -0.1) is 0 Å². The van der Waals surface area contributed by atoms with Crippen molar-refractivity contribution in [3.05, 3.63) is 64.7 Å². The van der Waals surface area contributed by atoms with Gasteiger partial charge in [0, 0.05) is 5.69 Å². The molecule has 0 spiro atoms. The second-order valence-electron chi connectivity index (χ2n) is 5.75. The molecule has 0 fully saturated rings. The third kappa shape index (κ3) is 4.95. The molecular formula is C19H22N2O2. The van der Waals surface area contributed by atoms with Crippen LogP contribution in [0.3, 0.4) is 0 Å². The van der Waals surface area contributed by atoms with Crippen LogP contribution in [0.5, 0.6) is 0 Å². The van der Waals surface area contributed by atoms with Gasteiger partial charge in [-0.1, -0.05) is 48.0 Å². The molecule has 4 nitrogen and oxygen atoms in total. The van der Waals surface area contributed by atoms with Crippen molar-refractivity contribution in [2.45, 2.75) is 27.2 Å². The molecule has 0 atom stereocenters. The van der Waals surface area contributed by atoms with E-state index in [-0.39, 0.29) is 24.8 Å². The highest BCUT2D eigenvalue weighted by Crippen LogP contribution is 2.18. The van der Waals surface area contributed by atoms with Crippen molar-refractivity contribution in [3.63, 3.8) is 0 Å². The Morgan fingerprint density at radius 3 is 2.09 bits per heavy atom. The van der Waals surface area contributed by atoms with E-state index in [1.54, 1.807) is 0 Å². The summed E-state index contributed by atoms with van der Waals surface area (Å²) in [5.41, 5.74) is 4.91. The normalized spacial score (nSPS) is 10.2. The van der Waals surface area contributed by atoms with Crippen LogP contribution in [0.1, 0.15) is 22.3 Å². The lowest BCUT2D eigenvalue weighted by atomic mass is 10.1. The molecule has 0 aliphatic heterocycles. The van der Waals surface area contributed by atoms with Crippen LogP contribution in [0.15, 0.2) is 42.5 Å². The van der Waals surface area contributed by atoms with Gasteiger partial charge >= 0.3 is 0 Å². The molecule has 2 aromatic carbocycles. The summed E-state index contributed by atoms with van der Waals surface area (Å²) in [6.07, 6.45) is 0.275. The van der Waals surface area contributed by atoms with E-state index in [2.05, 4.69) is 10.6 Å². The zero-order chi connectivity index (χ0) is 16.8. The van der Waals surface area contributed by atoms with E-state index in [9.17, 15) is 9.59 Å². The number of anilines is 1. The molecular weight excluding hydrogens is 288 g/mol. The molecule has 0 aliphatic rings. The number of carbonyl (C=O) groups excluding carboxylic acids is 2. The van der Waals surface area contributed by atoms with Crippen LogP contribution in [0.25, 0.3) is 0 Å². The lowest BCUT2D eigenvalue weighted by Crippen LogP contribution is -2.34. The van der Waals surface area contributed by atoms with Gasteiger partial charge in [0.15, 0.2) is 0 Å². The summed E-state index contributed by atoms with van der Waals surface area (Å²) >= 11 is 0. The molecule has 23 heavy (non-hydrogen) atoms. The molecule has 0 saturated heterocycles. The smallest absolute Gasteiger partial charge is 0.243 e. The average Bonchev–Trinajstić information content (AvgIpc) is 2.51. The van der Waals surface area contributed by atoms with Crippen LogP contribution in [0.4, 0.5) is 5.69 Å². The molecule has 0 unspecified atom stereocenters. The third-order valence-electron chi connectivity index (χ3n) is 3.68. The predicted octanol–water partition coefficient (Wildman–Crippen LogP) is 2.91. The van der Waals surface area contributed by atoms with E-state index in [1.165, 1.54) is 0 Å². The van der Waals surface area contributed by atoms with Crippen molar-refractivity contribution in [2.24, 2.45) is 0 Å². The fraction of sp³-hybridized carbons (Fsp3) is 0.263. The van der Waals surface area contributed by atoms with Crippen LogP contribution in [0, 0.1) is 20.8 Å². The van der Waals surface area contributed by atoms with E-state index in [0.29, 0.717) is 0 Å². The summed E-state index contributed by atoms with van der Waals surface area (Å²) in [4.78, 5) is 23.9. The van der Waals surface area contributed by atoms with Crippen LogP contribution in [-0.2, 0) is 16.0 Å². The number of carbonyl (C=O) groups is 2. The number of aryl methyl sites for hydroxylation is 3. The predicted molar refractivity (Wildman–Crippen MR) is 92.4 cm³/mol. The van der Waals surface area contributed by atoms with Gasteiger partial charge < -0.3 is 10.6 Å². The number of hydrogen-bond acceptors (Lipinski definition) is 2. The first-order chi connectivity index (χ1) is 11.0. The first kappa shape index (κ1) is 16.7. The van der Waals surface area contributed by atoms with E-state index >= 15 is 0 Å². The Hall–Kier alpha value is -2.62. The average molecular weight is 310 g/mol. The maximum absolute atomic E-state index is 12.0. The quantitative estimate of drug-likeness (QED) is 0.892. The Balaban J connectivity index is 1.84. The van der Waals surface area contributed by atoms with Crippen molar-refractivity contribution in [1.82, 2.24) is 5.32 Å². The van der Waals surface area contributed by atoms with Gasteiger partial charge in [0.25, 0.3) is 0 Å². The van der Waals surface area contributed by atoms with Crippen molar-refractivity contribution in [2.75, 3.05) is 11.9 Å². The van der Waals surface area contributed by atoms with Crippen LogP contribution < -0.4 is 10.6 Å². The number of para-hydroxylation sites is 1. The minimum absolute atomic E-state index is 0.0293. The van der Waals surface area contributed by atoms with E-state index < -0.39 is 0 Å². The standard InChI is InChI=1S/C19H22N2O2/c1-13-7-9-16(10-8-13)11-17(22)20-12-18(23)21-19-14(2)5-4-6-15(19)3/h4-10H,11-12H2,1-3H3,(H,20,22)(H,21,23). The minimum atomic E-state index is -0.223. The second kappa shape index (κ2) is 7.58. The first-order valence-corrected chi connectivity index (χ1v) is 7.64. The topological polar surface area (TPSA) is 58.2 Å². The third-order valence-corrected chi connectivity index (χ3v) is 3.68. The molecule has 0 aliphatic carbocycles. The largest absolute Gasteiger partial charge is 0.347 e. The molecule has 0 saturated carbocycles. The van der Waals surface area contributed by atoms with Crippen molar-refractivity contribution in [3.8, 4) is 0 Å². The Morgan fingerprint density at radius 2 is 1.48 bits per heavy atom. The van der Waals surface area contributed by atoms with Crippen LogP contribution in [-0.4, -0.2) is 18.4 Å². The van der Waals surface area contributed by atoms with E-state index in [4.69, 9.17) is 0 Å². The number of hydrogen-bond donors (Lipinski definition) is 2. The highest BCUT2D eigenvalue weighted by atomic mass is 16.2. The number of benzene rings is 2. The fourth-order valence-corrected chi connectivity index (χ4v) is 2.33. The summed E-state index contributed by atoms with van der Waals surface area (Å²) in [5.74, 6) is -0.384. The van der Waals surface area contributed by atoms with Gasteiger partial charge in [-0.25, -0.2) is 0 Å². The number of nitrogens with one attached hydrogen (secondary N) is 2. The van der Waals surface area contributed by atoms with Crippen molar-refractivity contribution < 1.29 is 9.59 Å². The molecule has 0 radical (unpaired) electrons. The van der Waals surface area contributed by atoms with Gasteiger partial charge in [0.1, 0.15) is 0 Å². The maximum Gasteiger partial charge on any atom is 0.243 e. The van der Waals surface area contributed by atoms with Gasteiger partial charge in [-0.2, -0.15) is 0 Å². The van der Waals surface area contributed by atoms with Crippen molar-refractivity contribution >= 4 is 17.5 Å². The zero-order valence-electron chi connectivity index (χ0n) is 13.8. The Labute approximate surface area is 136 Å². The number of rotatable bonds is 5. The van der Waals surface area contributed by atoms with Gasteiger partial charge in [-0.05, 0) is 37.5 Å². The molecule has 2 amide bonds. The second-order valence-corrected chi connectivity index (χ2v) is 5.75. The fourth-order valence-electron chi connectivity index (χ4n) is 2.33. The highest BCUT2D eigenvalue weighted by Gasteiger charge is 2.09. The highest BCUT2D eigenvalue weighted by molar-refractivity contribution is 5.95. The summed E-state index contributed by atoms with van der Waals surface area (Å²) in [7, 11) is 0. The number of amides is 2. The minimum Gasteiger partial charge on any atom is -0.347 e. The van der Waals surface area contributed by atoms with Crippen LogP contribution >= 0.6 is 0 Å². The lowest BCUT2D eigenvalue weighted by Gasteiger charge is -2.12. The molecule has 2 rings (SSSR count). The Morgan fingerprint density at radius 1 is 0.870 bits per heavy atom. The first-order valence-electron chi connectivity index (χ1n) is 7.64. The molecule has 4 heteroatoms. The van der Waals surface area contributed by atoms with Gasteiger partial charge in [-0.3, -0.25) is 9.59 Å². The monoisotopic (exact) mass is 310 g/mol.